The first-order chi connectivity index (χ1) is 11.7. The number of rotatable bonds is 8. The standard InChI is InChI=1S/C20H24N2O2/c1-21-19(23)11-7-2-4-8-16-12-14-17(15-13-16)20(24)22-18-9-5-3-6-10-18/h3,5-6,9-10,12-15H,2,4,7-8,11H2,1H3,(H,21,23)(H,22,24). The lowest BCUT2D eigenvalue weighted by molar-refractivity contribution is -0.120. The highest BCUT2D eigenvalue weighted by atomic mass is 16.2. The normalized spacial score (nSPS) is 10.2. The van der Waals surface area contributed by atoms with Crippen molar-refractivity contribution in [3.05, 3.63) is 65.7 Å². The monoisotopic (exact) mass is 324 g/mol. The highest BCUT2D eigenvalue weighted by molar-refractivity contribution is 6.04. The lowest BCUT2D eigenvalue weighted by Crippen LogP contribution is -2.16. The van der Waals surface area contributed by atoms with E-state index in [1.807, 2.05) is 54.6 Å². The smallest absolute Gasteiger partial charge is 0.255 e. The predicted octanol–water partition coefficient (Wildman–Crippen LogP) is 3.79. The van der Waals surface area contributed by atoms with E-state index in [1.165, 1.54) is 5.56 Å². The molecule has 0 fully saturated rings. The Kier molecular flexibility index (Phi) is 7.02. The molecule has 0 heterocycles. The third-order valence-electron chi connectivity index (χ3n) is 3.90. The highest BCUT2D eigenvalue weighted by Gasteiger charge is 2.05. The van der Waals surface area contributed by atoms with Gasteiger partial charge in [-0.3, -0.25) is 9.59 Å². The van der Waals surface area contributed by atoms with Gasteiger partial charge in [-0.2, -0.15) is 0 Å². The van der Waals surface area contributed by atoms with Crippen LogP contribution in [0.15, 0.2) is 54.6 Å². The molecule has 0 spiro atoms. The van der Waals surface area contributed by atoms with Crippen molar-refractivity contribution < 1.29 is 9.59 Å². The zero-order valence-electron chi connectivity index (χ0n) is 14.0. The van der Waals surface area contributed by atoms with Crippen LogP contribution in [0.4, 0.5) is 5.69 Å². The fourth-order valence-electron chi connectivity index (χ4n) is 2.46. The summed E-state index contributed by atoms with van der Waals surface area (Å²) in [5.74, 6) is 0.00195. The fourth-order valence-corrected chi connectivity index (χ4v) is 2.46. The molecule has 2 rings (SSSR count). The summed E-state index contributed by atoms with van der Waals surface area (Å²) in [7, 11) is 1.66. The van der Waals surface area contributed by atoms with Crippen LogP contribution in [-0.4, -0.2) is 18.9 Å². The first-order valence-corrected chi connectivity index (χ1v) is 8.35. The lowest BCUT2D eigenvalue weighted by atomic mass is 10.0. The number of hydrogen-bond acceptors (Lipinski definition) is 2. The van der Waals surface area contributed by atoms with Crippen molar-refractivity contribution in [3.8, 4) is 0 Å². The van der Waals surface area contributed by atoms with Crippen molar-refractivity contribution in [2.24, 2.45) is 0 Å². The third kappa shape index (κ3) is 5.88. The maximum Gasteiger partial charge on any atom is 0.255 e. The van der Waals surface area contributed by atoms with Gasteiger partial charge in [-0.05, 0) is 49.1 Å². The van der Waals surface area contributed by atoms with Crippen molar-refractivity contribution in [2.75, 3.05) is 12.4 Å². The van der Waals surface area contributed by atoms with Crippen LogP contribution >= 0.6 is 0 Å². The molecule has 4 heteroatoms. The fraction of sp³-hybridized carbons (Fsp3) is 0.300. The van der Waals surface area contributed by atoms with Gasteiger partial charge in [-0.25, -0.2) is 0 Å². The van der Waals surface area contributed by atoms with Gasteiger partial charge in [-0.15, -0.1) is 0 Å². The third-order valence-corrected chi connectivity index (χ3v) is 3.90. The van der Waals surface area contributed by atoms with Crippen LogP contribution in [0.3, 0.4) is 0 Å². The van der Waals surface area contributed by atoms with E-state index in [0.29, 0.717) is 12.0 Å². The summed E-state index contributed by atoms with van der Waals surface area (Å²) in [5, 5.41) is 5.51. The van der Waals surface area contributed by atoms with E-state index < -0.39 is 0 Å². The summed E-state index contributed by atoms with van der Waals surface area (Å²) in [6.07, 6.45) is 4.55. The van der Waals surface area contributed by atoms with Crippen molar-refractivity contribution in [1.29, 1.82) is 0 Å². The second kappa shape index (κ2) is 9.50. The molecule has 0 aliphatic carbocycles. The number of carbonyl (C=O) groups is 2. The van der Waals surface area contributed by atoms with Crippen LogP contribution in [0.5, 0.6) is 0 Å². The zero-order chi connectivity index (χ0) is 17.2. The molecule has 0 bridgehead atoms. The lowest BCUT2D eigenvalue weighted by Gasteiger charge is -2.06. The Bertz CT molecular complexity index is 651. The van der Waals surface area contributed by atoms with Gasteiger partial charge in [0.05, 0.1) is 0 Å². The number of benzene rings is 2. The SMILES string of the molecule is CNC(=O)CCCCCc1ccc(C(=O)Nc2ccccc2)cc1. The number of nitrogens with one attached hydrogen (secondary N) is 2. The molecule has 0 atom stereocenters. The van der Waals surface area contributed by atoms with Crippen LogP contribution in [-0.2, 0) is 11.2 Å². The molecule has 0 aromatic heterocycles. The first kappa shape index (κ1) is 17.7. The topological polar surface area (TPSA) is 58.2 Å². The van der Waals surface area contributed by atoms with Gasteiger partial charge in [0.1, 0.15) is 0 Å². The highest BCUT2D eigenvalue weighted by Crippen LogP contribution is 2.12. The van der Waals surface area contributed by atoms with Crippen molar-refractivity contribution >= 4 is 17.5 Å². The van der Waals surface area contributed by atoms with Gasteiger partial charge in [0.2, 0.25) is 5.91 Å². The molecule has 2 N–H and O–H groups in total. The van der Waals surface area contributed by atoms with Crippen LogP contribution in [0.1, 0.15) is 41.6 Å². The van der Waals surface area contributed by atoms with Gasteiger partial charge < -0.3 is 10.6 Å². The van der Waals surface area contributed by atoms with Gasteiger partial charge in [0.15, 0.2) is 0 Å². The number of amides is 2. The number of para-hydroxylation sites is 1. The first-order valence-electron chi connectivity index (χ1n) is 8.35. The van der Waals surface area contributed by atoms with Crippen molar-refractivity contribution in [3.63, 3.8) is 0 Å². The molecule has 0 aliphatic heterocycles. The Labute approximate surface area is 143 Å². The summed E-state index contributed by atoms with van der Waals surface area (Å²) in [6, 6.07) is 17.1. The molecule has 24 heavy (non-hydrogen) atoms. The summed E-state index contributed by atoms with van der Waals surface area (Å²) in [4.78, 5) is 23.3. The maximum atomic E-state index is 12.2. The second-order valence-electron chi connectivity index (χ2n) is 5.75. The van der Waals surface area contributed by atoms with E-state index in [0.717, 1.165) is 31.4 Å². The number of carbonyl (C=O) groups excluding carboxylic acids is 2. The van der Waals surface area contributed by atoms with E-state index in [-0.39, 0.29) is 11.8 Å². The minimum atomic E-state index is -0.0988. The van der Waals surface area contributed by atoms with Gasteiger partial charge >= 0.3 is 0 Å². The van der Waals surface area contributed by atoms with E-state index in [4.69, 9.17) is 0 Å². The molecule has 0 unspecified atom stereocenters. The molecular weight excluding hydrogens is 300 g/mol. The van der Waals surface area contributed by atoms with E-state index >= 15 is 0 Å². The number of aryl methyl sites for hydroxylation is 1. The summed E-state index contributed by atoms with van der Waals surface area (Å²) in [6.45, 7) is 0. The van der Waals surface area contributed by atoms with Crippen LogP contribution < -0.4 is 10.6 Å². The van der Waals surface area contributed by atoms with Gasteiger partial charge in [0, 0.05) is 24.7 Å². The molecule has 0 saturated carbocycles. The molecule has 0 saturated heterocycles. The molecule has 0 radical (unpaired) electrons. The maximum absolute atomic E-state index is 12.2. The second-order valence-corrected chi connectivity index (χ2v) is 5.75. The van der Waals surface area contributed by atoms with Gasteiger partial charge in [-0.1, -0.05) is 36.8 Å². The molecular formula is C20H24N2O2. The minimum Gasteiger partial charge on any atom is -0.359 e. The van der Waals surface area contributed by atoms with E-state index in [2.05, 4.69) is 10.6 Å². The van der Waals surface area contributed by atoms with E-state index in [1.54, 1.807) is 7.05 Å². The predicted molar refractivity (Wildman–Crippen MR) is 97.1 cm³/mol. The Morgan fingerprint density at radius 3 is 2.25 bits per heavy atom. The van der Waals surface area contributed by atoms with Crippen molar-refractivity contribution in [2.45, 2.75) is 32.1 Å². The quantitative estimate of drug-likeness (QED) is 0.726. The van der Waals surface area contributed by atoms with Crippen LogP contribution in [0.25, 0.3) is 0 Å². The van der Waals surface area contributed by atoms with Crippen LogP contribution in [0.2, 0.25) is 0 Å². The Hall–Kier alpha value is -2.62. The Morgan fingerprint density at radius 1 is 0.875 bits per heavy atom. The van der Waals surface area contributed by atoms with Crippen molar-refractivity contribution in [1.82, 2.24) is 5.32 Å². The number of anilines is 1. The zero-order valence-corrected chi connectivity index (χ0v) is 14.0. The number of unbranched alkanes of at least 4 members (excludes halogenated alkanes) is 2. The Morgan fingerprint density at radius 2 is 1.58 bits per heavy atom. The largest absolute Gasteiger partial charge is 0.359 e. The summed E-state index contributed by atoms with van der Waals surface area (Å²) < 4.78 is 0. The minimum absolute atomic E-state index is 0.0988. The van der Waals surface area contributed by atoms with E-state index in [9.17, 15) is 9.59 Å². The average Bonchev–Trinajstić information content (AvgIpc) is 2.62. The summed E-state index contributed by atoms with van der Waals surface area (Å²) in [5.41, 5.74) is 2.66. The molecule has 126 valence electrons. The van der Waals surface area contributed by atoms with Gasteiger partial charge in [0.25, 0.3) is 5.91 Å². The molecule has 2 aromatic carbocycles. The number of hydrogen-bond donors (Lipinski definition) is 2. The summed E-state index contributed by atoms with van der Waals surface area (Å²) >= 11 is 0. The molecule has 0 aliphatic rings. The Balaban J connectivity index is 1.76. The average molecular weight is 324 g/mol. The van der Waals surface area contributed by atoms with Crippen LogP contribution in [0, 0.1) is 0 Å². The molecule has 2 aromatic rings. The molecule has 4 nitrogen and oxygen atoms in total. The molecule has 2 amide bonds.